The molecule has 0 unspecified atom stereocenters. The second kappa shape index (κ2) is 5.63. The Kier molecular flexibility index (Phi) is 4.06. The van der Waals surface area contributed by atoms with Crippen molar-refractivity contribution >= 4 is 5.82 Å². The number of nitrogens with zero attached hydrogens (tertiary/aromatic N) is 2. The summed E-state index contributed by atoms with van der Waals surface area (Å²) in [6, 6.07) is 4.55. The van der Waals surface area contributed by atoms with Crippen LogP contribution in [0.2, 0.25) is 0 Å². The van der Waals surface area contributed by atoms with Gasteiger partial charge in [0.1, 0.15) is 17.5 Å². The Bertz CT molecular complexity index is 654. The molecule has 0 saturated carbocycles. The van der Waals surface area contributed by atoms with Crippen LogP contribution in [0.25, 0.3) is 0 Å². The van der Waals surface area contributed by atoms with Gasteiger partial charge in [0, 0.05) is 24.6 Å². The lowest BCUT2D eigenvalue weighted by molar-refractivity contribution is 0.413. The van der Waals surface area contributed by atoms with Crippen molar-refractivity contribution in [1.82, 2.24) is 9.97 Å². The van der Waals surface area contributed by atoms with Crippen LogP contribution in [0.15, 0.2) is 24.3 Å². The molecule has 0 atom stereocenters. The topological polar surface area (TPSA) is 47.0 Å². The number of benzene rings is 1. The molecule has 0 spiro atoms. The average molecular weight is 293 g/mol. The molecular formula is C15H17F2N3O. The van der Waals surface area contributed by atoms with Crippen molar-refractivity contribution in [2.24, 2.45) is 0 Å². The number of anilines is 1. The van der Waals surface area contributed by atoms with E-state index < -0.39 is 11.6 Å². The highest BCUT2D eigenvalue weighted by molar-refractivity contribution is 5.40. The molecule has 1 aromatic carbocycles. The van der Waals surface area contributed by atoms with E-state index in [0.29, 0.717) is 11.6 Å². The number of ether oxygens (including phenoxy) is 1. The van der Waals surface area contributed by atoms with Gasteiger partial charge >= 0.3 is 0 Å². The molecule has 4 nitrogen and oxygen atoms in total. The third-order valence-corrected chi connectivity index (χ3v) is 2.74. The predicted octanol–water partition coefficient (Wildman–Crippen LogP) is 3.89. The zero-order chi connectivity index (χ0) is 15.6. The number of nitrogens with one attached hydrogen (secondary N) is 1. The molecule has 1 aromatic heterocycles. The Labute approximate surface area is 122 Å². The van der Waals surface area contributed by atoms with Crippen molar-refractivity contribution in [3.8, 4) is 11.6 Å². The highest BCUT2D eigenvalue weighted by atomic mass is 19.1. The largest absolute Gasteiger partial charge is 0.436 e. The van der Waals surface area contributed by atoms with Crippen molar-refractivity contribution in [3.05, 3.63) is 41.7 Å². The zero-order valence-corrected chi connectivity index (χ0v) is 12.4. The molecular weight excluding hydrogens is 276 g/mol. The molecule has 1 N–H and O–H groups in total. The molecule has 0 saturated heterocycles. The average Bonchev–Trinajstić information content (AvgIpc) is 2.41. The molecule has 21 heavy (non-hydrogen) atoms. The van der Waals surface area contributed by atoms with Crippen LogP contribution in [0.1, 0.15) is 26.6 Å². The first-order chi connectivity index (χ1) is 9.79. The summed E-state index contributed by atoms with van der Waals surface area (Å²) in [5, 5.41) is 2.89. The molecule has 0 aliphatic rings. The van der Waals surface area contributed by atoms with E-state index in [4.69, 9.17) is 4.74 Å². The van der Waals surface area contributed by atoms with Crippen molar-refractivity contribution in [2.45, 2.75) is 26.2 Å². The third kappa shape index (κ3) is 3.65. The maximum Gasteiger partial charge on any atom is 0.224 e. The molecule has 2 aromatic rings. The third-order valence-electron chi connectivity index (χ3n) is 2.74. The van der Waals surface area contributed by atoms with Gasteiger partial charge in [-0.1, -0.05) is 20.8 Å². The van der Waals surface area contributed by atoms with Gasteiger partial charge in [0.05, 0.1) is 0 Å². The van der Waals surface area contributed by atoms with Gasteiger partial charge in [-0.2, -0.15) is 4.98 Å². The van der Waals surface area contributed by atoms with Crippen molar-refractivity contribution in [2.75, 3.05) is 12.4 Å². The Hall–Kier alpha value is -2.24. The fourth-order valence-electron chi connectivity index (χ4n) is 1.61. The first-order valence-electron chi connectivity index (χ1n) is 6.50. The highest BCUT2D eigenvalue weighted by Gasteiger charge is 2.20. The number of halogens is 2. The molecule has 0 aliphatic carbocycles. The maximum absolute atomic E-state index is 13.6. The van der Waals surface area contributed by atoms with Gasteiger partial charge in [-0.25, -0.2) is 13.8 Å². The van der Waals surface area contributed by atoms with Crippen LogP contribution in [0, 0.1) is 11.6 Å². The fraction of sp³-hybridized carbons (Fsp3) is 0.333. The Morgan fingerprint density at radius 3 is 2.43 bits per heavy atom. The number of aromatic nitrogens is 2. The molecule has 0 amide bonds. The minimum Gasteiger partial charge on any atom is -0.436 e. The minimum absolute atomic E-state index is 0.156. The summed E-state index contributed by atoms with van der Waals surface area (Å²) in [5.74, 6) is -0.203. The Balaban J connectivity index is 2.42. The SMILES string of the molecule is CNc1cc(Oc2cc(F)ccc2F)nc(C(C)(C)C)n1. The zero-order valence-electron chi connectivity index (χ0n) is 12.4. The van der Waals surface area contributed by atoms with E-state index in [1.54, 1.807) is 7.05 Å². The van der Waals surface area contributed by atoms with Gasteiger partial charge in [0.15, 0.2) is 11.6 Å². The molecule has 0 radical (unpaired) electrons. The normalized spacial score (nSPS) is 11.3. The predicted molar refractivity (Wildman–Crippen MR) is 76.7 cm³/mol. The van der Waals surface area contributed by atoms with Gasteiger partial charge in [0.2, 0.25) is 5.88 Å². The fourth-order valence-corrected chi connectivity index (χ4v) is 1.61. The van der Waals surface area contributed by atoms with E-state index in [1.165, 1.54) is 6.07 Å². The van der Waals surface area contributed by atoms with Crippen molar-refractivity contribution < 1.29 is 13.5 Å². The van der Waals surface area contributed by atoms with E-state index >= 15 is 0 Å². The smallest absolute Gasteiger partial charge is 0.224 e. The molecule has 0 aliphatic heterocycles. The standard InChI is InChI=1S/C15H17F2N3O/c1-15(2,3)14-19-12(18-4)8-13(20-14)21-11-7-9(16)5-6-10(11)17/h5-8H,1-4H3,(H,18,19,20). The van der Waals surface area contributed by atoms with E-state index in [2.05, 4.69) is 15.3 Å². The van der Waals surface area contributed by atoms with Crippen LogP contribution in [0.4, 0.5) is 14.6 Å². The van der Waals surface area contributed by atoms with Crippen LogP contribution in [0.3, 0.4) is 0 Å². The van der Waals surface area contributed by atoms with E-state index in [-0.39, 0.29) is 17.0 Å². The van der Waals surface area contributed by atoms with E-state index in [9.17, 15) is 8.78 Å². The monoisotopic (exact) mass is 293 g/mol. The van der Waals surface area contributed by atoms with Crippen LogP contribution in [-0.2, 0) is 5.41 Å². The first-order valence-corrected chi connectivity index (χ1v) is 6.50. The number of hydrogen-bond acceptors (Lipinski definition) is 4. The quantitative estimate of drug-likeness (QED) is 0.932. The second-order valence-corrected chi connectivity index (χ2v) is 5.59. The van der Waals surface area contributed by atoms with Crippen molar-refractivity contribution in [3.63, 3.8) is 0 Å². The van der Waals surface area contributed by atoms with Crippen LogP contribution in [-0.4, -0.2) is 17.0 Å². The Morgan fingerprint density at radius 1 is 1.10 bits per heavy atom. The van der Waals surface area contributed by atoms with Gasteiger partial charge in [-0.15, -0.1) is 0 Å². The van der Waals surface area contributed by atoms with Gasteiger partial charge in [-0.05, 0) is 12.1 Å². The summed E-state index contributed by atoms with van der Waals surface area (Å²) in [7, 11) is 1.71. The molecule has 6 heteroatoms. The minimum atomic E-state index is -0.654. The van der Waals surface area contributed by atoms with Crippen LogP contribution < -0.4 is 10.1 Å². The maximum atomic E-state index is 13.6. The molecule has 112 valence electrons. The summed E-state index contributed by atoms with van der Waals surface area (Å²) in [4.78, 5) is 8.59. The summed E-state index contributed by atoms with van der Waals surface area (Å²) in [6.45, 7) is 5.86. The number of rotatable bonds is 3. The molecule has 0 bridgehead atoms. The van der Waals surface area contributed by atoms with Crippen LogP contribution >= 0.6 is 0 Å². The van der Waals surface area contributed by atoms with Gasteiger partial charge < -0.3 is 10.1 Å². The Morgan fingerprint density at radius 2 is 1.81 bits per heavy atom. The van der Waals surface area contributed by atoms with E-state index in [0.717, 1.165) is 18.2 Å². The highest BCUT2D eigenvalue weighted by Crippen LogP contribution is 2.28. The summed E-state index contributed by atoms with van der Waals surface area (Å²) in [6.07, 6.45) is 0. The second-order valence-electron chi connectivity index (χ2n) is 5.59. The number of hydrogen-bond donors (Lipinski definition) is 1. The van der Waals surface area contributed by atoms with Gasteiger partial charge in [-0.3, -0.25) is 0 Å². The summed E-state index contributed by atoms with van der Waals surface area (Å²) < 4.78 is 32.2. The lowest BCUT2D eigenvalue weighted by Gasteiger charge is -2.18. The lowest BCUT2D eigenvalue weighted by atomic mass is 9.96. The molecule has 0 fully saturated rings. The summed E-state index contributed by atoms with van der Waals surface area (Å²) >= 11 is 0. The van der Waals surface area contributed by atoms with Crippen LogP contribution in [0.5, 0.6) is 11.6 Å². The molecule has 1 heterocycles. The van der Waals surface area contributed by atoms with Crippen molar-refractivity contribution in [1.29, 1.82) is 0 Å². The van der Waals surface area contributed by atoms with Gasteiger partial charge in [0.25, 0.3) is 0 Å². The lowest BCUT2D eigenvalue weighted by Crippen LogP contribution is -2.17. The molecule has 2 rings (SSSR count). The van der Waals surface area contributed by atoms with E-state index in [1.807, 2.05) is 20.8 Å². The summed E-state index contributed by atoms with van der Waals surface area (Å²) in [5.41, 5.74) is -0.300. The first kappa shape index (κ1) is 15.2.